The lowest BCUT2D eigenvalue weighted by molar-refractivity contribution is 1.11. The van der Waals surface area contributed by atoms with Gasteiger partial charge in [-0.25, -0.2) is 4.98 Å². The van der Waals surface area contributed by atoms with Crippen LogP contribution < -0.4 is 0 Å². The van der Waals surface area contributed by atoms with Crippen molar-refractivity contribution in [1.82, 2.24) is 9.97 Å². The number of thiazole rings is 1. The average Bonchev–Trinajstić information content (AvgIpc) is 3.25. The number of nitrogens with zero attached hydrogens (tertiary/aromatic N) is 2. The monoisotopic (exact) mass is 292 g/mol. The van der Waals surface area contributed by atoms with Crippen molar-refractivity contribution in [3.05, 3.63) is 59.2 Å². The van der Waals surface area contributed by atoms with Gasteiger partial charge < -0.3 is 0 Å². The summed E-state index contributed by atoms with van der Waals surface area (Å²) in [4.78, 5) is 9.12. The van der Waals surface area contributed by atoms with E-state index in [1.165, 1.54) is 35.1 Å². The molecule has 3 aromatic rings. The summed E-state index contributed by atoms with van der Waals surface area (Å²) in [6, 6.07) is 10.7. The first-order chi connectivity index (χ1) is 10.3. The first-order valence-electron chi connectivity index (χ1n) is 7.28. The summed E-state index contributed by atoms with van der Waals surface area (Å²) < 4.78 is 0. The molecule has 104 valence electrons. The fraction of sp³-hybridized carbons (Fsp3) is 0.222. The maximum atomic E-state index is 4.83. The molecule has 21 heavy (non-hydrogen) atoms. The van der Waals surface area contributed by atoms with Crippen molar-refractivity contribution in [2.24, 2.45) is 0 Å². The van der Waals surface area contributed by atoms with Crippen LogP contribution in [0.2, 0.25) is 0 Å². The molecule has 2 heterocycles. The normalized spacial score (nSPS) is 14.3. The van der Waals surface area contributed by atoms with Crippen LogP contribution in [0, 0.1) is 6.92 Å². The van der Waals surface area contributed by atoms with Gasteiger partial charge in [-0.3, -0.25) is 4.98 Å². The SMILES string of the molecule is Cc1ccc(-c2nc(-c3cnccc3C3CC3)cs2)cc1. The number of aromatic nitrogens is 2. The van der Waals surface area contributed by atoms with Gasteiger partial charge in [0.15, 0.2) is 0 Å². The number of benzene rings is 1. The molecule has 4 rings (SSSR count). The molecule has 0 atom stereocenters. The second-order valence-electron chi connectivity index (χ2n) is 5.64. The first kappa shape index (κ1) is 12.7. The third-order valence-electron chi connectivity index (χ3n) is 3.95. The van der Waals surface area contributed by atoms with E-state index in [0.29, 0.717) is 5.92 Å². The van der Waals surface area contributed by atoms with Crippen molar-refractivity contribution in [3.8, 4) is 21.8 Å². The molecule has 3 heteroatoms. The maximum Gasteiger partial charge on any atom is 0.124 e. The standard InChI is InChI=1S/C18H16N2S/c1-12-2-4-14(5-3-12)18-20-17(11-21-18)16-10-19-9-8-15(16)13-6-7-13/h2-5,8-11,13H,6-7H2,1H3. The van der Waals surface area contributed by atoms with E-state index in [4.69, 9.17) is 4.98 Å². The van der Waals surface area contributed by atoms with E-state index < -0.39 is 0 Å². The Morgan fingerprint density at radius 3 is 2.67 bits per heavy atom. The Labute approximate surface area is 128 Å². The molecule has 1 saturated carbocycles. The fourth-order valence-electron chi connectivity index (χ4n) is 2.60. The largest absolute Gasteiger partial charge is 0.264 e. The van der Waals surface area contributed by atoms with Crippen LogP contribution in [0.1, 0.15) is 29.9 Å². The van der Waals surface area contributed by atoms with Crippen molar-refractivity contribution in [2.45, 2.75) is 25.7 Å². The molecule has 0 bridgehead atoms. The van der Waals surface area contributed by atoms with E-state index in [1.807, 2.05) is 12.4 Å². The smallest absolute Gasteiger partial charge is 0.124 e. The number of hydrogen-bond donors (Lipinski definition) is 0. The van der Waals surface area contributed by atoms with Crippen molar-refractivity contribution in [3.63, 3.8) is 0 Å². The molecule has 0 saturated heterocycles. The molecule has 1 fully saturated rings. The van der Waals surface area contributed by atoms with Crippen LogP contribution in [0.4, 0.5) is 0 Å². The number of hydrogen-bond acceptors (Lipinski definition) is 3. The third-order valence-corrected chi connectivity index (χ3v) is 4.84. The van der Waals surface area contributed by atoms with Gasteiger partial charge in [0.1, 0.15) is 5.01 Å². The zero-order valence-electron chi connectivity index (χ0n) is 11.9. The fourth-order valence-corrected chi connectivity index (χ4v) is 3.42. The Hall–Kier alpha value is -2.00. The van der Waals surface area contributed by atoms with E-state index in [9.17, 15) is 0 Å². The minimum atomic E-state index is 0.715. The summed E-state index contributed by atoms with van der Waals surface area (Å²) in [6.45, 7) is 2.11. The summed E-state index contributed by atoms with van der Waals surface area (Å²) >= 11 is 1.71. The zero-order valence-corrected chi connectivity index (χ0v) is 12.7. The predicted molar refractivity (Wildman–Crippen MR) is 87.5 cm³/mol. The highest BCUT2D eigenvalue weighted by Gasteiger charge is 2.26. The second-order valence-corrected chi connectivity index (χ2v) is 6.50. The Bertz CT molecular complexity index is 770. The molecule has 1 aliphatic rings. The van der Waals surface area contributed by atoms with Gasteiger partial charge in [0, 0.05) is 28.9 Å². The third kappa shape index (κ3) is 2.49. The topological polar surface area (TPSA) is 25.8 Å². The van der Waals surface area contributed by atoms with Gasteiger partial charge in [-0.15, -0.1) is 11.3 Å². The molecule has 0 N–H and O–H groups in total. The van der Waals surface area contributed by atoms with E-state index in [2.05, 4.69) is 47.6 Å². The zero-order chi connectivity index (χ0) is 14.2. The Morgan fingerprint density at radius 2 is 1.90 bits per heavy atom. The van der Waals surface area contributed by atoms with Crippen molar-refractivity contribution in [1.29, 1.82) is 0 Å². The second kappa shape index (κ2) is 5.08. The summed E-state index contributed by atoms with van der Waals surface area (Å²) in [5.74, 6) is 0.715. The van der Waals surface area contributed by atoms with Crippen LogP contribution in [0.15, 0.2) is 48.1 Å². The van der Waals surface area contributed by atoms with Gasteiger partial charge in [-0.1, -0.05) is 29.8 Å². The molecule has 1 aliphatic carbocycles. The molecular formula is C18H16N2S. The van der Waals surface area contributed by atoms with E-state index in [-0.39, 0.29) is 0 Å². The van der Waals surface area contributed by atoms with Crippen molar-refractivity contribution in [2.75, 3.05) is 0 Å². The van der Waals surface area contributed by atoms with Gasteiger partial charge in [0.25, 0.3) is 0 Å². The van der Waals surface area contributed by atoms with Crippen LogP contribution in [0.25, 0.3) is 21.8 Å². The molecule has 0 aliphatic heterocycles. The van der Waals surface area contributed by atoms with Crippen molar-refractivity contribution < 1.29 is 0 Å². The summed E-state index contributed by atoms with van der Waals surface area (Å²) in [6.07, 6.45) is 6.45. The molecule has 0 unspecified atom stereocenters. The molecule has 1 aromatic carbocycles. The van der Waals surface area contributed by atoms with Crippen molar-refractivity contribution >= 4 is 11.3 Å². The lowest BCUT2D eigenvalue weighted by atomic mass is 10.0. The molecule has 2 nitrogen and oxygen atoms in total. The molecule has 0 radical (unpaired) electrons. The number of rotatable bonds is 3. The summed E-state index contributed by atoms with van der Waals surface area (Å²) in [5.41, 5.74) is 6.14. The summed E-state index contributed by atoms with van der Waals surface area (Å²) in [7, 11) is 0. The van der Waals surface area contributed by atoms with E-state index in [1.54, 1.807) is 11.3 Å². The Morgan fingerprint density at radius 1 is 1.10 bits per heavy atom. The number of pyridine rings is 1. The van der Waals surface area contributed by atoms with Crippen LogP contribution in [0.3, 0.4) is 0 Å². The van der Waals surface area contributed by atoms with Gasteiger partial charge in [0.05, 0.1) is 5.69 Å². The Kier molecular flexibility index (Phi) is 3.08. The minimum absolute atomic E-state index is 0.715. The lowest BCUT2D eigenvalue weighted by Gasteiger charge is -2.04. The van der Waals surface area contributed by atoms with Crippen LogP contribution in [-0.4, -0.2) is 9.97 Å². The van der Waals surface area contributed by atoms with Crippen LogP contribution >= 0.6 is 11.3 Å². The minimum Gasteiger partial charge on any atom is -0.264 e. The lowest BCUT2D eigenvalue weighted by Crippen LogP contribution is -1.89. The summed E-state index contributed by atoms with van der Waals surface area (Å²) in [5, 5.41) is 3.23. The highest BCUT2D eigenvalue weighted by Crippen LogP contribution is 2.44. The van der Waals surface area contributed by atoms with E-state index in [0.717, 1.165) is 10.7 Å². The first-order valence-corrected chi connectivity index (χ1v) is 8.16. The van der Waals surface area contributed by atoms with Gasteiger partial charge in [0.2, 0.25) is 0 Å². The molecular weight excluding hydrogens is 276 g/mol. The highest BCUT2D eigenvalue weighted by atomic mass is 32.1. The maximum absolute atomic E-state index is 4.83. The average molecular weight is 292 g/mol. The van der Waals surface area contributed by atoms with Gasteiger partial charge in [-0.05, 0) is 37.3 Å². The van der Waals surface area contributed by atoms with Crippen LogP contribution in [-0.2, 0) is 0 Å². The van der Waals surface area contributed by atoms with Crippen LogP contribution in [0.5, 0.6) is 0 Å². The predicted octanol–water partition coefficient (Wildman–Crippen LogP) is 5.06. The Balaban J connectivity index is 1.73. The van der Waals surface area contributed by atoms with Gasteiger partial charge in [-0.2, -0.15) is 0 Å². The highest BCUT2D eigenvalue weighted by molar-refractivity contribution is 7.13. The molecule has 0 amide bonds. The van der Waals surface area contributed by atoms with E-state index >= 15 is 0 Å². The molecule has 0 spiro atoms. The molecule has 2 aromatic heterocycles. The number of aryl methyl sites for hydroxylation is 1. The quantitative estimate of drug-likeness (QED) is 0.674. The van der Waals surface area contributed by atoms with Gasteiger partial charge >= 0.3 is 0 Å².